The van der Waals surface area contributed by atoms with Gasteiger partial charge >= 0.3 is 23.9 Å². The lowest BCUT2D eigenvalue weighted by molar-refractivity contribution is -0.162. The summed E-state index contributed by atoms with van der Waals surface area (Å²) in [6, 6.07) is 0. The normalized spacial score (nSPS) is 13.7. The first-order valence-corrected chi connectivity index (χ1v) is 17.7. The molecule has 6 N–H and O–H groups in total. The van der Waals surface area contributed by atoms with E-state index in [2.05, 4.69) is 0 Å². The fraction of sp³-hybridized carbons (Fsp3) is 0.882. The van der Waals surface area contributed by atoms with Crippen molar-refractivity contribution in [2.45, 2.75) is 153 Å². The maximum absolute atomic E-state index is 11.9. The van der Waals surface area contributed by atoms with Crippen LogP contribution in [0.15, 0.2) is 0 Å². The standard InChI is InChI=1S/C34H62O14/c35-21-13-5-1-3-7-15-23-45-29(39)17-9-11-19-31(41)47-25-27(37)33(43)34(44)28(38)26-48-32(42)20-12-10-18-30(40)46-24-16-8-4-2-6-14-22-36/h27-28,33-38,43-44H,1-26H2/t27-,28?,33?,34?/m1/s1. The van der Waals surface area contributed by atoms with Crippen LogP contribution in [0, 0.1) is 0 Å². The molecule has 0 aliphatic heterocycles. The van der Waals surface area contributed by atoms with Gasteiger partial charge < -0.3 is 49.6 Å². The van der Waals surface area contributed by atoms with Gasteiger partial charge in [0.25, 0.3) is 0 Å². The van der Waals surface area contributed by atoms with Crippen LogP contribution in [-0.4, -0.2) is 119 Å². The summed E-state index contributed by atoms with van der Waals surface area (Å²) in [5.41, 5.74) is 0. The van der Waals surface area contributed by atoms with Crippen LogP contribution in [0.1, 0.15) is 128 Å². The van der Waals surface area contributed by atoms with Crippen LogP contribution < -0.4 is 0 Å². The van der Waals surface area contributed by atoms with Crippen LogP contribution in [0.5, 0.6) is 0 Å². The van der Waals surface area contributed by atoms with Gasteiger partial charge in [0, 0.05) is 38.9 Å². The van der Waals surface area contributed by atoms with Gasteiger partial charge in [-0.05, 0) is 51.4 Å². The molecule has 48 heavy (non-hydrogen) atoms. The lowest BCUT2D eigenvalue weighted by atomic mass is 10.0. The first-order valence-electron chi connectivity index (χ1n) is 17.7. The van der Waals surface area contributed by atoms with Crippen molar-refractivity contribution in [2.24, 2.45) is 0 Å². The van der Waals surface area contributed by atoms with Crippen LogP contribution in [0.3, 0.4) is 0 Å². The average molecular weight is 695 g/mol. The molecular weight excluding hydrogens is 632 g/mol. The fourth-order valence-electron chi connectivity index (χ4n) is 4.59. The molecule has 14 heteroatoms. The molecule has 0 heterocycles. The predicted octanol–water partition coefficient (Wildman–Crippen LogP) is 2.39. The lowest BCUT2D eigenvalue weighted by Crippen LogP contribution is -2.48. The zero-order valence-corrected chi connectivity index (χ0v) is 28.6. The van der Waals surface area contributed by atoms with Crippen molar-refractivity contribution in [1.29, 1.82) is 0 Å². The van der Waals surface area contributed by atoms with Gasteiger partial charge in [0.05, 0.1) is 13.2 Å². The Labute approximate surface area is 285 Å². The highest BCUT2D eigenvalue weighted by Crippen LogP contribution is 2.11. The van der Waals surface area contributed by atoms with Gasteiger partial charge in [-0.15, -0.1) is 0 Å². The second-order valence-electron chi connectivity index (χ2n) is 12.0. The Hall–Kier alpha value is -2.36. The van der Waals surface area contributed by atoms with Gasteiger partial charge in [0.15, 0.2) is 0 Å². The average Bonchev–Trinajstić information content (AvgIpc) is 3.08. The molecule has 0 fully saturated rings. The van der Waals surface area contributed by atoms with E-state index < -0.39 is 49.6 Å². The molecular formula is C34H62O14. The van der Waals surface area contributed by atoms with Gasteiger partial charge in [0.2, 0.25) is 0 Å². The summed E-state index contributed by atoms with van der Waals surface area (Å²) in [6.45, 7) is -0.172. The Morgan fingerprint density at radius 3 is 0.958 bits per heavy atom. The van der Waals surface area contributed by atoms with E-state index in [0.29, 0.717) is 38.9 Å². The third-order valence-electron chi connectivity index (χ3n) is 7.62. The second kappa shape index (κ2) is 31.9. The summed E-state index contributed by atoms with van der Waals surface area (Å²) < 4.78 is 20.1. The van der Waals surface area contributed by atoms with Crippen LogP contribution >= 0.6 is 0 Å². The number of aliphatic hydroxyl groups excluding tert-OH is 6. The summed E-state index contributed by atoms with van der Waals surface area (Å²) in [4.78, 5) is 47.5. The van der Waals surface area contributed by atoms with E-state index in [-0.39, 0.29) is 50.8 Å². The number of unbranched alkanes of at least 4 members (excludes halogenated alkanes) is 12. The Morgan fingerprint density at radius 2 is 0.646 bits per heavy atom. The maximum atomic E-state index is 11.9. The third-order valence-corrected chi connectivity index (χ3v) is 7.62. The number of rotatable bonds is 33. The topological polar surface area (TPSA) is 227 Å². The summed E-state index contributed by atoms with van der Waals surface area (Å²) in [5.74, 6) is -2.04. The van der Waals surface area contributed by atoms with E-state index in [1.54, 1.807) is 0 Å². The van der Waals surface area contributed by atoms with Crippen molar-refractivity contribution in [2.75, 3.05) is 39.6 Å². The van der Waals surface area contributed by atoms with Gasteiger partial charge in [0.1, 0.15) is 37.6 Å². The monoisotopic (exact) mass is 694 g/mol. The van der Waals surface area contributed by atoms with E-state index in [4.69, 9.17) is 29.2 Å². The Kier molecular flexibility index (Phi) is 30.3. The molecule has 0 aliphatic rings. The first-order chi connectivity index (χ1) is 23.1. The van der Waals surface area contributed by atoms with E-state index in [1.807, 2.05) is 0 Å². The van der Waals surface area contributed by atoms with Crippen molar-refractivity contribution in [1.82, 2.24) is 0 Å². The molecule has 14 nitrogen and oxygen atoms in total. The summed E-state index contributed by atoms with van der Waals surface area (Å²) in [6.07, 6.45) is 5.74. The molecule has 0 radical (unpaired) electrons. The minimum absolute atomic E-state index is 0.0282. The van der Waals surface area contributed by atoms with Crippen LogP contribution in [0.4, 0.5) is 0 Å². The number of ether oxygens (including phenoxy) is 4. The Morgan fingerprint density at radius 1 is 0.375 bits per heavy atom. The summed E-state index contributed by atoms with van der Waals surface area (Å²) >= 11 is 0. The Bertz CT molecular complexity index is 758. The predicted molar refractivity (Wildman–Crippen MR) is 174 cm³/mol. The molecule has 4 atom stereocenters. The number of aliphatic hydroxyl groups is 6. The molecule has 0 amide bonds. The smallest absolute Gasteiger partial charge is 0.305 e. The molecule has 0 spiro atoms. The number of hydrogen-bond donors (Lipinski definition) is 6. The van der Waals surface area contributed by atoms with Crippen LogP contribution in [-0.2, 0) is 38.1 Å². The van der Waals surface area contributed by atoms with E-state index >= 15 is 0 Å². The molecule has 0 bridgehead atoms. The molecule has 0 aromatic rings. The lowest BCUT2D eigenvalue weighted by Gasteiger charge is -2.26. The molecule has 0 aromatic heterocycles. The van der Waals surface area contributed by atoms with Crippen molar-refractivity contribution in [3.63, 3.8) is 0 Å². The van der Waals surface area contributed by atoms with Crippen molar-refractivity contribution < 1.29 is 68.8 Å². The quantitative estimate of drug-likeness (QED) is 0.0330. The van der Waals surface area contributed by atoms with E-state index in [9.17, 15) is 39.6 Å². The summed E-state index contributed by atoms with van der Waals surface area (Å²) in [7, 11) is 0. The fourth-order valence-corrected chi connectivity index (χ4v) is 4.59. The Balaban J connectivity index is 3.91. The van der Waals surface area contributed by atoms with Gasteiger partial charge in [-0.1, -0.05) is 51.4 Å². The summed E-state index contributed by atoms with van der Waals surface area (Å²) in [5, 5.41) is 57.9. The molecule has 0 aliphatic carbocycles. The highest BCUT2D eigenvalue weighted by molar-refractivity contribution is 5.71. The van der Waals surface area contributed by atoms with E-state index in [1.165, 1.54) is 0 Å². The number of hydrogen-bond acceptors (Lipinski definition) is 14. The number of carbonyl (C=O) groups excluding carboxylic acids is 4. The molecule has 0 rings (SSSR count). The molecule has 282 valence electrons. The highest BCUT2D eigenvalue weighted by Gasteiger charge is 2.32. The van der Waals surface area contributed by atoms with Crippen LogP contribution in [0.2, 0.25) is 0 Å². The van der Waals surface area contributed by atoms with Crippen molar-refractivity contribution in [3.05, 3.63) is 0 Å². The highest BCUT2D eigenvalue weighted by atomic mass is 16.6. The first kappa shape index (κ1) is 45.6. The van der Waals surface area contributed by atoms with Crippen molar-refractivity contribution >= 4 is 23.9 Å². The van der Waals surface area contributed by atoms with Crippen molar-refractivity contribution in [3.8, 4) is 0 Å². The van der Waals surface area contributed by atoms with Crippen LogP contribution in [0.25, 0.3) is 0 Å². The minimum Gasteiger partial charge on any atom is -0.466 e. The van der Waals surface area contributed by atoms with E-state index in [0.717, 1.165) is 77.0 Å². The molecule has 3 unspecified atom stereocenters. The zero-order valence-electron chi connectivity index (χ0n) is 28.6. The minimum atomic E-state index is -1.89. The largest absolute Gasteiger partial charge is 0.466 e. The number of esters is 4. The maximum Gasteiger partial charge on any atom is 0.305 e. The third kappa shape index (κ3) is 27.6. The molecule has 0 saturated carbocycles. The van der Waals surface area contributed by atoms with Gasteiger partial charge in [-0.25, -0.2) is 0 Å². The SMILES string of the molecule is O=C(CCCCC(=O)OCC(O)C(O)C(O)[C@H](O)COC(=O)CCCCC(=O)OCCCCCCCCO)OCCCCCCCCO. The second-order valence-corrected chi connectivity index (χ2v) is 12.0. The molecule has 0 saturated heterocycles. The van der Waals surface area contributed by atoms with Gasteiger partial charge in [-0.3, -0.25) is 19.2 Å². The molecule has 0 aromatic carbocycles. The zero-order chi connectivity index (χ0) is 35.8. The number of carbonyl (C=O) groups is 4. The van der Waals surface area contributed by atoms with Gasteiger partial charge in [-0.2, -0.15) is 0 Å².